The van der Waals surface area contributed by atoms with Gasteiger partial charge < -0.3 is 14.2 Å². The highest BCUT2D eigenvalue weighted by molar-refractivity contribution is 6.35. The topological polar surface area (TPSA) is 74.2 Å². The highest BCUT2D eigenvalue weighted by Crippen LogP contribution is 2.38. The van der Waals surface area contributed by atoms with Gasteiger partial charge in [-0.1, -0.05) is 59.1 Å². The quantitative estimate of drug-likeness (QED) is 0.209. The molecule has 4 rings (SSSR count). The molecule has 0 saturated heterocycles. The molecule has 0 unspecified atom stereocenters. The van der Waals surface area contributed by atoms with Gasteiger partial charge in [0, 0.05) is 0 Å². The lowest BCUT2D eigenvalue weighted by Crippen LogP contribution is -2.11. The molecule has 0 spiro atoms. The van der Waals surface area contributed by atoms with Crippen LogP contribution in [0, 0.1) is 0 Å². The van der Waals surface area contributed by atoms with Gasteiger partial charge in [-0.25, -0.2) is 14.6 Å². The molecule has 9 heteroatoms. The molecule has 0 radical (unpaired) electrons. The number of carbonyl (C=O) groups excluding carboxylic acids is 2. The van der Waals surface area contributed by atoms with Gasteiger partial charge in [0.1, 0.15) is 0 Å². The molecule has 3 aromatic rings. The van der Waals surface area contributed by atoms with E-state index in [2.05, 4.69) is 4.99 Å². The van der Waals surface area contributed by atoms with Crippen molar-refractivity contribution in [2.75, 3.05) is 6.61 Å². The zero-order valence-electron chi connectivity index (χ0n) is 17.7. The van der Waals surface area contributed by atoms with Crippen molar-refractivity contribution in [2.24, 2.45) is 4.99 Å². The summed E-state index contributed by atoms with van der Waals surface area (Å²) in [5.41, 5.74) is 1.22. The van der Waals surface area contributed by atoms with Crippen LogP contribution in [-0.4, -0.2) is 24.4 Å². The normalized spacial score (nSPS) is 14.1. The Balaban J connectivity index is 1.67. The van der Waals surface area contributed by atoms with E-state index in [1.165, 1.54) is 18.2 Å². The van der Waals surface area contributed by atoms with E-state index in [-0.39, 0.29) is 45.3 Å². The van der Waals surface area contributed by atoms with Crippen LogP contribution in [0.1, 0.15) is 28.4 Å². The fraction of sp³-hybridized carbons (Fsp3) is 0.0800. The van der Waals surface area contributed by atoms with Gasteiger partial charge in [-0.05, 0) is 55.0 Å². The molecular weight excluding hydrogens is 501 g/mol. The Hall–Kier alpha value is -3.32. The van der Waals surface area contributed by atoms with E-state index >= 15 is 0 Å². The second-order valence-electron chi connectivity index (χ2n) is 6.95. The van der Waals surface area contributed by atoms with Crippen LogP contribution in [0.15, 0.2) is 71.4 Å². The third kappa shape index (κ3) is 5.09. The minimum absolute atomic E-state index is 0.0323. The number of benzene rings is 3. The molecular formula is C25H16Cl3NO5. The summed E-state index contributed by atoms with van der Waals surface area (Å²) in [6.45, 7) is 2.05. The average Bonchev–Trinajstić information content (AvgIpc) is 3.16. The molecule has 0 saturated carbocycles. The monoisotopic (exact) mass is 515 g/mol. The molecule has 0 aliphatic carbocycles. The van der Waals surface area contributed by atoms with Gasteiger partial charge in [-0.15, -0.1) is 0 Å². The van der Waals surface area contributed by atoms with Crippen LogP contribution < -0.4 is 9.47 Å². The Labute approximate surface area is 210 Å². The van der Waals surface area contributed by atoms with E-state index in [0.717, 1.165) is 0 Å². The van der Waals surface area contributed by atoms with Gasteiger partial charge in [0.25, 0.3) is 0 Å². The van der Waals surface area contributed by atoms with E-state index in [1.807, 2.05) is 0 Å². The second-order valence-corrected chi connectivity index (χ2v) is 8.17. The molecule has 0 amide bonds. The third-order valence-corrected chi connectivity index (χ3v) is 5.59. The van der Waals surface area contributed by atoms with Crippen molar-refractivity contribution >= 4 is 58.7 Å². The first kappa shape index (κ1) is 23.8. The van der Waals surface area contributed by atoms with E-state index in [1.54, 1.807) is 55.5 Å². The van der Waals surface area contributed by atoms with Gasteiger partial charge in [-0.2, -0.15) is 0 Å². The van der Waals surface area contributed by atoms with Crippen LogP contribution in [-0.2, 0) is 9.53 Å². The SMILES string of the molecule is CCOc1cc(/C=C2\N=C(c3ccccc3Cl)OC2=O)cc(Cl)c1OC(=O)c1ccccc1Cl. The van der Waals surface area contributed by atoms with E-state index < -0.39 is 11.9 Å². The number of carbonyl (C=O) groups is 2. The summed E-state index contributed by atoms with van der Waals surface area (Å²) in [7, 11) is 0. The summed E-state index contributed by atoms with van der Waals surface area (Å²) in [5, 5.41) is 0.747. The first-order chi connectivity index (χ1) is 16.4. The van der Waals surface area contributed by atoms with Gasteiger partial charge in [0.2, 0.25) is 5.90 Å². The van der Waals surface area contributed by atoms with Gasteiger partial charge in [-0.3, -0.25) is 0 Å². The summed E-state index contributed by atoms with van der Waals surface area (Å²) in [6, 6.07) is 16.5. The Morgan fingerprint density at radius 3 is 2.41 bits per heavy atom. The molecule has 0 fully saturated rings. The van der Waals surface area contributed by atoms with Crippen molar-refractivity contribution in [3.05, 3.63) is 98.1 Å². The fourth-order valence-electron chi connectivity index (χ4n) is 3.12. The first-order valence-corrected chi connectivity index (χ1v) is 11.2. The number of rotatable bonds is 6. The first-order valence-electron chi connectivity index (χ1n) is 10.1. The molecule has 172 valence electrons. The average molecular weight is 517 g/mol. The van der Waals surface area contributed by atoms with Gasteiger partial charge in [0.15, 0.2) is 17.2 Å². The lowest BCUT2D eigenvalue weighted by atomic mass is 10.1. The molecule has 1 aliphatic heterocycles. The molecule has 0 N–H and O–H groups in total. The highest BCUT2D eigenvalue weighted by Gasteiger charge is 2.26. The van der Waals surface area contributed by atoms with Crippen LogP contribution in [0.2, 0.25) is 15.1 Å². The predicted octanol–water partition coefficient (Wildman–Crippen LogP) is 6.61. The Kier molecular flexibility index (Phi) is 7.22. The number of cyclic esters (lactones) is 1. The van der Waals surface area contributed by atoms with Crippen molar-refractivity contribution in [3.8, 4) is 11.5 Å². The van der Waals surface area contributed by atoms with Crippen LogP contribution in [0.3, 0.4) is 0 Å². The number of hydrogen-bond acceptors (Lipinski definition) is 6. The summed E-state index contributed by atoms with van der Waals surface area (Å²) in [6.07, 6.45) is 1.49. The maximum Gasteiger partial charge on any atom is 0.363 e. The van der Waals surface area contributed by atoms with Crippen molar-refractivity contribution in [1.29, 1.82) is 0 Å². The molecule has 6 nitrogen and oxygen atoms in total. The maximum atomic E-state index is 12.6. The number of ether oxygens (including phenoxy) is 3. The van der Waals surface area contributed by atoms with Crippen LogP contribution in [0.25, 0.3) is 6.08 Å². The Morgan fingerprint density at radius 2 is 1.71 bits per heavy atom. The summed E-state index contributed by atoms with van der Waals surface area (Å²) >= 11 is 18.7. The zero-order chi connectivity index (χ0) is 24.2. The van der Waals surface area contributed by atoms with Crippen molar-refractivity contribution in [1.82, 2.24) is 0 Å². The summed E-state index contributed by atoms with van der Waals surface area (Å²) in [5.74, 6) is -0.983. The second kappa shape index (κ2) is 10.3. The van der Waals surface area contributed by atoms with Crippen molar-refractivity contribution < 1.29 is 23.8 Å². The minimum atomic E-state index is -0.687. The molecule has 34 heavy (non-hydrogen) atoms. The molecule has 1 aliphatic rings. The zero-order valence-corrected chi connectivity index (χ0v) is 19.9. The standard InChI is InChI=1S/C25H16Cl3NO5/c1-2-32-21-13-14(11-19(28)22(21)33-24(30)16-8-4-6-10-18(16)27)12-20-25(31)34-23(29-20)15-7-3-5-9-17(15)26/h3-13H,2H2,1H3/b20-12-. The Bertz CT molecular complexity index is 1350. The number of esters is 2. The number of halogens is 3. The maximum absolute atomic E-state index is 12.6. The Morgan fingerprint density at radius 1 is 1.00 bits per heavy atom. The van der Waals surface area contributed by atoms with Crippen molar-refractivity contribution in [2.45, 2.75) is 6.92 Å². The summed E-state index contributed by atoms with van der Waals surface area (Å²) in [4.78, 5) is 29.3. The molecule has 0 bridgehead atoms. The predicted molar refractivity (Wildman–Crippen MR) is 131 cm³/mol. The summed E-state index contributed by atoms with van der Waals surface area (Å²) < 4.78 is 16.4. The molecule has 0 aromatic heterocycles. The lowest BCUT2D eigenvalue weighted by Gasteiger charge is -2.14. The lowest BCUT2D eigenvalue weighted by molar-refractivity contribution is -0.129. The smallest absolute Gasteiger partial charge is 0.363 e. The highest BCUT2D eigenvalue weighted by atomic mass is 35.5. The van der Waals surface area contributed by atoms with Crippen LogP contribution in [0.5, 0.6) is 11.5 Å². The molecule has 3 aromatic carbocycles. The third-order valence-electron chi connectivity index (χ3n) is 4.65. The van der Waals surface area contributed by atoms with Crippen molar-refractivity contribution in [3.63, 3.8) is 0 Å². The minimum Gasteiger partial charge on any atom is -0.490 e. The molecule has 0 atom stereocenters. The number of nitrogens with zero attached hydrogens (tertiary/aromatic N) is 1. The van der Waals surface area contributed by atoms with E-state index in [4.69, 9.17) is 49.0 Å². The number of hydrogen-bond donors (Lipinski definition) is 0. The van der Waals surface area contributed by atoms with Gasteiger partial charge >= 0.3 is 11.9 Å². The van der Waals surface area contributed by atoms with Gasteiger partial charge in [0.05, 0.1) is 32.8 Å². The largest absolute Gasteiger partial charge is 0.490 e. The van der Waals surface area contributed by atoms with E-state index in [0.29, 0.717) is 16.1 Å². The number of aliphatic imine (C=N–C) groups is 1. The fourth-order valence-corrected chi connectivity index (χ4v) is 3.81. The van der Waals surface area contributed by atoms with Crippen LogP contribution in [0.4, 0.5) is 0 Å². The van der Waals surface area contributed by atoms with E-state index in [9.17, 15) is 9.59 Å². The van der Waals surface area contributed by atoms with Crippen LogP contribution >= 0.6 is 34.8 Å². The molecule has 1 heterocycles.